The fraction of sp³-hybridized carbons (Fsp3) is 0.579. The fourth-order valence-corrected chi connectivity index (χ4v) is 3.60. The number of nitrogens with one attached hydrogen (secondary N) is 1. The molecule has 1 atom stereocenters. The molecule has 3 rings (SSSR count). The highest BCUT2D eigenvalue weighted by Crippen LogP contribution is 2.25. The maximum atomic E-state index is 12.8. The van der Waals surface area contributed by atoms with Crippen LogP contribution in [0, 0.1) is 0 Å². The van der Waals surface area contributed by atoms with Crippen LogP contribution in [0.5, 0.6) is 5.75 Å². The van der Waals surface area contributed by atoms with E-state index in [0.717, 1.165) is 44.5 Å². The molecule has 0 radical (unpaired) electrons. The molecule has 0 unspecified atom stereocenters. The number of hydrogen-bond acceptors (Lipinski definition) is 3. The molecule has 0 bridgehead atoms. The number of amides is 2. The summed E-state index contributed by atoms with van der Waals surface area (Å²) < 4.78 is 5.64. The second-order valence-electron chi connectivity index (χ2n) is 6.74. The molecule has 130 valence electrons. The van der Waals surface area contributed by atoms with Gasteiger partial charge in [0.2, 0.25) is 5.91 Å². The fourth-order valence-electron chi connectivity index (χ4n) is 3.60. The molecule has 2 saturated heterocycles. The topological polar surface area (TPSA) is 51.0 Å². The van der Waals surface area contributed by atoms with Gasteiger partial charge in [-0.25, -0.2) is 4.90 Å². The lowest BCUT2D eigenvalue weighted by Gasteiger charge is -2.27. The Kier molecular flexibility index (Phi) is 5.51. The van der Waals surface area contributed by atoms with Crippen molar-refractivity contribution >= 4 is 17.5 Å². The van der Waals surface area contributed by atoms with E-state index in [1.807, 2.05) is 24.3 Å². The van der Waals surface area contributed by atoms with Gasteiger partial charge in [-0.1, -0.05) is 13.3 Å². The van der Waals surface area contributed by atoms with Gasteiger partial charge in [-0.15, -0.1) is 0 Å². The van der Waals surface area contributed by atoms with E-state index in [1.54, 1.807) is 0 Å². The van der Waals surface area contributed by atoms with Crippen molar-refractivity contribution in [2.45, 2.75) is 51.5 Å². The van der Waals surface area contributed by atoms with E-state index >= 15 is 0 Å². The molecular weight excluding hydrogens is 304 g/mol. The number of rotatable bonds is 6. The highest BCUT2D eigenvalue weighted by Gasteiger charge is 2.45. The van der Waals surface area contributed by atoms with Crippen molar-refractivity contribution in [3.63, 3.8) is 0 Å². The zero-order valence-corrected chi connectivity index (χ0v) is 14.4. The molecular formula is C19H27N2O3+. The summed E-state index contributed by atoms with van der Waals surface area (Å²) in [5.41, 5.74) is 0.659. The number of carbonyl (C=O) groups is 2. The number of nitrogens with zero attached hydrogens (tertiary/aromatic N) is 1. The molecule has 0 spiro atoms. The Morgan fingerprint density at radius 2 is 1.83 bits per heavy atom. The van der Waals surface area contributed by atoms with Gasteiger partial charge in [0.05, 0.1) is 31.8 Å². The molecule has 1 aromatic carbocycles. The Hall–Kier alpha value is -1.88. The van der Waals surface area contributed by atoms with Gasteiger partial charge in [-0.3, -0.25) is 9.59 Å². The molecule has 24 heavy (non-hydrogen) atoms. The van der Waals surface area contributed by atoms with E-state index in [-0.39, 0.29) is 17.9 Å². The van der Waals surface area contributed by atoms with Crippen molar-refractivity contribution in [1.82, 2.24) is 0 Å². The average molecular weight is 331 g/mol. The first kappa shape index (κ1) is 17.0. The van der Waals surface area contributed by atoms with E-state index in [9.17, 15) is 9.59 Å². The van der Waals surface area contributed by atoms with E-state index in [1.165, 1.54) is 16.2 Å². The van der Waals surface area contributed by atoms with E-state index in [2.05, 4.69) is 6.92 Å². The van der Waals surface area contributed by atoms with Crippen LogP contribution in [-0.2, 0) is 9.59 Å². The first-order chi connectivity index (χ1) is 11.7. The quantitative estimate of drug-likeness (QED) is 0.636. The number of hydrogen-bond donors (Lipinski definition) is 1. The third-order valence-electron chi connectivity index (χ3n) is 5.00. The number of carbonyl (C=O) groups excluding carboxylic acids is 2. The predicted octanol–water partition coefficient (Wildman–Crippen LogP) is 1.57. The monoisotopic (exact) mass is 331 g/mol. The summed E-state index contributed by atoms with van der Waals surface area (Å²) in [6.45, 7) is 4.82. The molecule has 2 fully saturated rings. The summed E-state index contributed by atoms with van der Waals surface area (Å²) in [6.07, 6.45) is 5.99. The zero-order valence-electron chi connectivity index (χ0n) is 14.4. The minimum atomic E-state index is -0.196. The van der Waals surface area contributed by atoms with Crippen molar-refractivity contribution in [3.8, 4) is 5.75 Å². The van der Waals surface area contributed by atoms with E-state index in [4.69, 9.17) is 4.74 Å². The Labute approximate surface area is 143 Å². The minimum absolute atomic E-state index is 0.0449. The van der Waals surface area contributed by atoms with E-state index in [0.29, 0.717) is 18.7 Å². The number of unbranched alkanes of at least 4 members (excludes halogenated alkanes) is 1. The number of ether oxygens (including phenoxy) is 1. The second kappa shape index (κ2) is 7.79. The molecule has 0 saturated carbocycles. The van der Waals surface area contributed by atoms with Gasteiger partial charge in [0.1, 0.15) is 5.75 Å². The summed E-state index contributed by atoms with van der Waals surface area (Å²) in [5, 5.41) is 0. The summed E-state index contributed by atoms with van der Waals surface area (Å²) in [4.78, 5) is 27.8. The van der Waals surface area contributed by atoms with Crippen LogP contribution >= 0.6 is 0 Å². The number of likely N-dealkylation sites (tertiary alicyclic amines) is 1. The average Bonchev–Trinajstić information content (AvgIpc) is 2.91. The molecule has 0 aromatic heterocycles. The predicted molar refractivity (Wildman–Crippen MR) is 92.3 cm³/mol. The Balaban J connectivity index is 1.67. The van der Waals surface area contributed by atoms with Gasteiger partial charge in [0, 0.05) is 0 Å². The van der Waals surface area contributed by atoms with Crippen LogP contribution in [0.2, 0.25) is 0 Å². The molecule has 1 aromatic rings. The van der Waals surface area contributed by atoms with Gasteiger partial charge >= 0.3 is 0 Å². The lowest BCUT2D eigenvalue weighted by molar-refractivity contribution is -0.919. The maximum Gasteiger partial charge on any atom is 0.292 e. The molecule has 0 aliphatic carbocycles. The number of benzene rings is 1. The van der Waals surface area contributed by atoms with Gasteiger partial charge in [-0.05, 0) is 49.9 Å². The molecule has 5 heteroatoms. The van der Waals surface area contributed by atoms with Gasteiger partial charge in [0.15, 0.2) is 6.04 Å². The van der Waals surface area contributed by atoms with E-state index < -0.39 is 0 Å². The second-order valence-corrected chi connectivity index (χ2v) is 6.74. The van der Waals surface area contributed by atoms with Gasteiger partial charge < -0.3 is 9.64 Å². The standard InChI is InChI=1S/C19H26N2O3/c1-2-3-13-24-16-9-7-15(8-10-16)21-18(22)14-17(19(21)23)20-11-5-4-6-12-20/h7-10,17H,2-6,11-14H2,1H3/p+1/t17-/m0/s1. The maximum absolute atomic E-state index is 12.8. The van der Waals surface area contributed by atoms with Crippen molar-refractivity contribution in [3.05, 3.63) is 24.3 Å². The van der Waals surface area contributed by atoms with Crippen LogP contribution in [0.15, 0.2) is 24.3 Å². The highest BCUT2D eigenvalue weighted by atomic mass is 16.5. The third-order valence-corrected chi connectivity index (χ3v) is 5.00. The lowest BCUT2D eigenvalue weighted by atomic mass is 10.1. The van der Waals surface area contributed by atoms with Crippen LogP contribution in [0.1, 0.15) is 45.4 Å². The van der Waals surface area contributed by atoms with Crippen LogP contribution in [0.25, 0.3) is 0 Å². The molecule has 1 N–H and O–H groups in total. The number of anilines is 1. The first-order valence-corrected chi connectivity index (χ1v) is 9.15. The summed E-state index contributed by atoms with van der Waals surface area (Å²) in [5.74, 6) is 0.656. The minimum Gasteiger partial charge on any atom is -0.494 e. The molecule has 5 nitrogen and oxygen atoms in total. The largest absolute Gasteiger partial charge is 0.494 e. The molecule has 2 amide bonds. The van der Waals surface area contributed by atoms with Crippen molar-refractivity contribution in [2.24, 2.45) is 0 Å². The number of imide groups is 1. The van der Waals surface area contributed by atoms with Crippen LogP contribution in [0.3, 0.4) is 0 Å². The molecule has 2 heterocycles. The third kappa shape index (κ3) is 3.61. The Morgan fingerprint density at radius 3 is 2.50 bits per heavy atom. The van der Waals surface area contributed by atoms with Gasteiger partial charge in [-0.2, -0.15) is 0 Å². The van der Waals surface area contributed by atoms with Crippen LogP contribution in [0.4, 0.5) is 5.69 Å². The van der Waals surface area contributed by atoms with Crippen molar-refractivity contribution in [2.75, 3.05) is 24.6 Å². The van der Waals surface area contributed by atoms with Gasteiger partial charge in [0.25, 0.3) is 5.91 Å². The van der Waals surface area contributed by atoms with Crippen LogP contribution < -0.4 is 14.5 Å². The zero-order chi connectivity index (χ0) is 16.9. The summed E-state index contributed by atoms with van der Waals surface area (Å²) in [7, 11) is 0. The molecule has 2 aliphatic heterocycles. The Bertz CT molecular complexity index is 579. The summed E-state index contributed by atoms with van der Waals surface area (Å²) in [6, 6.07) is 7.10. The SMILES string of the molecule is CCCCOc1ccc(N2C(=O)C[C@H]([NH+]3CCCCC3)C2=O)cc1. The van der Waals surface area contributed by atoms with Crippen LogP contribution in [-0.4, -0.2) is 37.6 Å². The molecule has 2 aliphatic rings. The normalized spacial score (nSPS) is 22.2. The summed E-state index contributed by atoms with van der Waals surface area (Å²) >= 11 is 0. The Morgan fingerprint density at radius 1 is 1.12 bits per heavy atom. The first-order valence-electron chi connectivity index (χ1n) is 9.15. The number of piperidine rings is 1. The van der Waals surface area contributed by atoms with Crippen molar-refractivity contribution in [1.29, 1.82) is 0 Å². The highest BCUT2D eigenvalue weighted by molar-refractivity contribution is 6.21. The van der Waals surface area contributed by atoms with Crippen molar-refractivity contribution < 1.29 is 19.2 Å². The number of quaternary nitrogens is 1. The lowest BCUT2D eigenvalue weighted by Crippen LogP contribution is -3.17. The smallest absolute Gasteiger partial charge is 0.292 e.